The van der Waals surface area contributed by atoms with E-state index in [1.807, 2.05) is 39.0 Å². The first-order valence-electron chi connectivity index (χ1n) is 8.87. The van der Waals surface area contributed by atoms with Crippen molar-refractivity contribution in [3.8, 4) is 5.75 Å². The second-order valence-corrected chi connectivity index (χ2v) is 5.62. The van der Waals surface area contributed by atoms with E-state index in [1.54, 1.807) is 18.2 Å². The van der Waals surface area contributed by atoms with Gasteiger partial charge in [-0.2, -0.15) is 0 Å². The van der Waals surface area contributed by atoms with Crippen LogP contribution in [0.3, 0.4) is 0 Å². The van der Waals surface area contributed by atoms with Crippen molar-refractivity contribution < 1.29 is 16.8 Å². The smallest absolute Gasteiger partial charge is 0.244 e. The van der Waals surface area contributed by atoms with Crippen LogP contribution < -0.4 is 15.4 Å². The molecule has 0 radical (unpaired) electrons. The Morgan fingerprint density at radius 3 is 2.85 bits per heavy atom. The molecule has 1 aliphatic rings. The van der Waals surface area contributed by atoms with Crippen molar-refractivity contribution in [2.24, 2.45) is 0 Å². The van der Waals surface area contributed by atoms with Crippen LogP contribution in [-0.2, 0) is 4.79 Å². The summed E-state index contributed by atoms with van der Waals surface area (Å²) < 4.78 is 19.1. The fourth-order valence-corrected chi connectivity index (χ4v) is 2.55. The molecule has 26 heavy (non-hydrogen) atoms. The Morgan fingerprint density at radius 2 is 2.08 bits per heavy atom. The number of anilines is 1. The first kappa shape index (κ1) is 19.5. The average molecular weight is 360 g/mol. The van der Waals surface area contributed by atoms with Gasteiger partial charge in [0.25, 0.3) is 0 Å². The number of halogens is 1. The Morgan fingerprint density at radius 1 is 1.31 bits per heavy atom. The standard InChI is InChI=1S/C19H19FN2O2.C2H6.2H2/c1-13(15-6-8-18-17(12-15)21-10-11-24-18)22-19(23)9-7-14-4-2-3-5-16(14)20;1-2;;/h2-9,12-13,21H,10-11H2,1H3,(H,22,23);1-2H3;2*1H/b9-7+;;;. The van der Waals surface area contributed by atoms with Crippen molar-refractivity contribution in [1.29, 1.82) is 0 Å². The van der Waals surface area contributed by atoms with Gasteiger partial charge in [-0.3, -0.25) is 4.79 Å². The molecule has 1 heterocycles. The Bertz CT molecular complexity index is 785. The number of nitrogens with one attached hydrogen (secondary N) is 2. The Hall–Kier alpha value is -2.82. The molecule has 2 aromatic rings. The van der Waals surface area contributed by atoms with E-state index in [0.29, 0.717) is 12.2 Å². The highest BCUT2D eigenvalue weighted by molar-refractivity contribution is 5.92. The van der Waals surface area contributed by atoms with Gasteiger partial charge in [0.2, 0.25) is 5.91 Å². The van der Waals surface area contributed by atoms with E-state index in [0.717, 1.165) is 23.5 Å². The van der Waals surface area contributed by atoms with Gasteiger partial charge in [0.1, 0.15) is 18.2 Å². The highest BCUT2D eigenvalue weighted by Crippen LogP contribution is 2.30. The van der Waals surface area contributed by atoms with E-state index in [9.17, 15) is 9.18 Å². The molecule has 0 saturated heterocycles. The van der Waals surface area contributed by atoms with E-state index in [-0.39, 0.29) is 20.6 Å². The van der Waals surface area contributed by atoms with Crippen LogP contribution >= 0.6 is 0 Å². The molecule has 2 N–H and O–H groups in total. The first-order chi connectivity index (χ1) is 12.6. The summed E-state index contributed by atoms with van der Waals surface area (Å²) in [4.78, 5) is 12.0. The van der Waals surface area contributed by atoms with Crippen LogP contribution in [0.1, 0.15) is 40.8 Å². The lowest BCUT2D eigenvalue weighted by Crippen LogP contribution is -2.25. The van der Waals surface area contributed by atoms with Crippen molar-refractivity contribution in [3.05, 3.63) is 65.5 Å². The van der Waals surface area contributed by atoms with Crippen molar-refractivity contribution >= 4 is 17.7 Å². The number of carbonyl (C=O) groups excluding carboxylic acids is 1. The summed E-state index contributed by atoms with van der Waals surface area (Å²) in [7, 11) is 0. The van der Waals surface area contributed by atoms with Gasteiger partial charge in [0.15, 0.2) is 0 Å². The average Bonchev–Trinajstić information content (AvgIpc) is 2.68. The van der Waals surface area contributed by atoms with Gasteiger partial charge in [-0.05, 0) is 36.8 Å². The molecule has 0 fully saturated rings. The summed E-state index contributed by atoms with van der Waals surface area (Å²) in [5.74, 6) is 0.200. The normalized spacial score (nSPS) is 13.5. The van der Waals surface area contributed by atoms with Crippen LogP contribution in [0.2, 0.25) is 0 Å². The van der Waals surface area contributed by atoms with Gasteiger partial charge in [0.05, 0.1) is 11.7 Å². The molecule has 1 unspecified atom stereocenters. The zero-order valence-corrected chi connectivity index (χ0v) is 15.4. The Kier molecular flexibility index (Phi) is 7.21. The van der Waals surface area contributed by atoms with Crippen LogP contribution in [0.15, 0.2) is 48.5 Å². The predicted molar refractivity (Wildman–Crippen MR) is 108 cm³/mol. The minimum atomic E-state index is -0.352. The molecule has 4 nitrogen and oxygen atoms in total. The van der Waals surface area contributed by atoms with Gasteiger partial charge < -0.3 is 15.4 Å². The monoisotopic (exact) mass is 360 g/mol. The van der Waals surface area contributed by atoms with Crippen LogP contribution in [0.5, 0.6) is 5.75 Å². The fourth-order valence-electron chi connectivity index (χ4n) is 2.55. The summed E-state index contributed by atoms with van der Waals surface area (Å²) >= 11 is 0. The van der Waals surface area contributed by atoms with Gasteiger partial charge in [-0.1, -0.05) is 38.1 Å². The molecule has 0 aromatic heterocycles. The number of amides is 1. The maximum absolute atomic E-state index is 13.5. The molecule has 0 saturated carbocycles. The maximum atomic E-state index is 13.5. The van der Waals surface area contributed by atoms with Crippen molar-refractivity contribution in [1.82, 2.24) is 5.32 Å². The van der Waals surface area contributed by atoms with Crippen molar-refractivity contribution in [2.45, 2.75) is 26.8 Å². The summed E-state index contributed by atoms with van der Waals surface area (Å²) in [6, 6.07) is 12.0. The number of ether oxygens (including phenoxy) is 1. The molecule has 2 aromatic carbocycles. The summed E-state index contributed by atoms with van der Waals surface area (Å²) in [6.07, 6.45) is 2.81. The van der Waals surface area contributed by atoms with Crippen LogP contribution in [0.25, 0.3) is 6.08 Å². The van der Waals surface area contributed by atoms with E-state index < -0.39 is 0 Å². The van der Waals surface area contributed by atoms with E-state index in [1.165, 1.54) is 18.2 Å². The molecule has 1 atom stereocenters. The fraction of sp³-hybridized carbons (Fsp3) is 0.286. The SMILES string of the molecule is CC.CC(NC(=O)/C=C/c1ccccc1F)c1ccc2c(c1)NCCO2.[HH].[HH]. The third-order valence-corrected chi connectivity index (χ3v) is 3.86. The largest absolute Gasteiger partial charge is 0.490 e. The van der Waals surface area contributed by atoms with Gasteiger partial charge in [-0.25, -0.2) is 4.39 Å². The van der Waals surface area contributed by atoms with E-state index in [4.69, 9.17) is 4.74 Å². The molecule has 3 rings (SSSR count). The Balaban J connectivity index is 0.00000177. The molecular weight excluding hydrogens is 331 g/mol. The number of carbonyl (C=O) groups is 1. The first-order valence-corrected chi connectivity index (χ1v) is 8.87. The molecule has 0 spiro atoms. The van der Waals surface area contributed by atoms with Gasteiger partial charge in [0, 0.05) is 21.0 Å². The lowest BCUT2D eigenvalue weighted by Gasteiger charge is -2.21. The highest BCUT2D eigenvalue weighted by Gasteiger charge is 2.13. The molecule has 142 valence electrons. The lowest BCUT2D eigenvalue weighted by molar-refractivity contribution is -0.117. The minimum Gasteiger partial charge on any atom is -0.490 e. The van der Waals surface area contributed by atoms with Gasteiger partial charge >= 0.3 is 0 Å². The van der Waals surface area contributed by atoms with E-state index in [2.05, 4.69) is 10.6 Å². The lowest BCUT2D eigenvalue weighted by atomic mass is 10.1. The van der Waals surface area contributed by atoms with Crippen LogP contribution in [-0.4, -0.2) is 19.1 Å². The molecule has 0 aliphatic carbocycles. The van der Waals surface area contributed by atoms with Crippen molar-refractivity contribution in [2.75, 3.05) is 18.5 Å². The second-order valence-electron chi connectivity index (χ2n) is 5.62. The predicted octanol–water partition coefficient (Wildman–Crippen LogP) is 5.04. The zero-order valence-electron chi connectivity index (χ0n) is 15.4. The second kappa shape index (κ2) is 9.61. The number of fused-ring (bicyclic) bond motifs is 1. The maximum Gasteiger partial charge on any atom is 0.244 e. The van der Waals surface area contributed by atoms with Crippen molar-refractivity contribution in [3.63, 3.8) is 0 Å². The number of hydrogen-bond acceptors (Lipinski definition) is 3. The molecule has 5 heteroatoms. The summed E-state index contributed by atoms with van der Waals surface area (Å²) in [5, 5.41) is 6.15. The molecular formula is C21H29FN2O2. The highest BCUT2D eigenvalue weighted by atomic mass is 19.1. The molecule has 1 amide bonds. The summed E-state index contributed by atoms with van der Waals surface area (Å²) in [5.41, 5.74) is 2.29. The topological polar surface area (TPSA) is 50.4 Å². The molecule has 1 aliphatic heterocycles. The number of rotatable bonds is 4. The Labute approximate surface area is 157 Å². The van der Waals surface area contributed by atoms with Crippen LogP contribution in [0.4, 0.5) is 10.1 Å². The quantitative estimate of drug-likeness (QED) is 0.751. The number of hydrogen-bond donors (Lipinski definition) is 2. The third kappa shape index (κ3) is 5.09. The number of benzene rings is 2. The zero-order chi connectivity index (χ0) is 18.9. The molecule has 0 bridgehead atoms. The third-order valence-electron chi connectivity index (χ3n) is 3.86. The van der Waals surface area contributed by atoms with E-state index >= 15 is 0 Å². The summed E-state index contributed by atoms with van der Waals surface area (Å²) in [6.45, 7) is 7.32. The van der Waals surface area contributed by atoms with Crippen LogP contribution in [0, 0.1) is 5.82 Å². The van der Waals surface area contributed by atoms with Gasteiger partial charge in [-0.15, -0.1) is 0 Å². The minimum absolute atomic E-state index is 0.